The fraction of sp³-hybridized carbons (Fsp3) is 0.812. The molecule has 1 aliphatic rings. The van der Waals surface area contributed by atoms with Crippen LogP contribution in [0.2, 0.25) is 0 Å². The molecule has 0 aromatic heterocycles. The summed E-state index contributed by atoms with van der Waals surface area (Å²) in [5, 5.41) is 6.34. The number of guanidine groups is 1. The second-order valence-corrected chi connectivity index (χ2v) is 5.62. The average Bonchev–Trinajstić information content (AvgIpc) is 2.51. The molecule has 22 heavy (non-hydrogen) atoms. The molecule has 2 N–H and O–H groups in total. The lowest BCUT2D eigenvalue weighted by molar-refractivity contribution is 0.125. The zero-order chi connectivity index (χ0) is 15.5. The molecule has 1 fully saturated rings. The summed E-state index contributed by atoms with van der Waals surface area (Å²) in [4.78, 5) is 9.67. The van der Waals surface area contributed by atoms with Gasteiger partial charge in [0, 0.05) is 45.8 Å². The van der Waals surface area contributed by atoms with Gasteiger partial charge < -0.3 is 20.4 Å². The summed E-state index contributed by atoms with van der Waals surface area (Å²) in [6.45, 7) is 15.8. The summed E-state index contributed by atoms with van der Waals surface area (Å²) in [7, 11) is 0. The van der Waals surface area contributed by atoms with Gasteiger partial charge in [0.2, 0.25) is 0 Å². The van der Waals surface area contributed by atoms with Gasteiger partial charge in [-0.15, -0.1) is 30.4 Å². The SMILES string of the molecule is C#CCNC(=NCC(C)CN1CCN(CC)CC1)NCC.I. The van der Waals surface area contributed by atoms with Crippen molar-refractivity contribution in [3.63, 3.8) is 0 Å². The third kappa shape index (κ3) is 8.81. The molecule has 0 radical (unpaired) electrons. The molecule has 1 aliphatic heterocycles. The van der Waals surface area contributed by atoms with Crippen LogP contribution in [0.4, 0.5) is 0 Å². The van der Waals surface area contributed by atoms with Gasteiger partial charge in [-0.1, -0.05) is 19.8 Å². The summed E-state index contributed by atoms with van der Waals surface area (Å²) in [5.74, 6) is 3.95. The number of rotatable bonds is 7. The van der Waals surface area contributed by atoms with Crippen molar-refractivity contribution in [3.8, 4) is 12.3 Å². The van der Waals surface area contributed by atoms with Gasteiger partial charge in [0.05, 0.1) is 6.54 Å². The van der Waals surface area contributed by atoms with E-state index in [1.165, 1.54) is 32.7 Å². The minimum Gasteiger partial charge on any atom is -0.357 e. The molecule has 0 bridgehead atoms. The number of aliphatic imine (C=N–C) groups is 1. The molecule has 0 saturated carbocycles. The Hall–Kier alpha value is -0.520. The molecular formula is C16H32IN5. The number of nitrogens with one attached hydrogen (secondary N) is 2. The number of halogens is 1. The van der Waals surface area contributed by atoms with Crippen molar-refractivity contribution in [2.75, 3.05) is 58.9 Å². The maximum absolute atomic E-state index is 5.27. The first-order valence-corrected chi connectivity index (χ1v) is 8.09. The molecule has 0 spiro atoms. The van der Waals surface area contributed by atoms with Gasteiger partial charge in [-0.25, -0.2) is 0 Å². The van der Waals surface area contributed by atoms with Gasteiger partial charge >= 0.3 is 0 Å². The van der Waals surface area contributed by atoms with Gasteiger partial charge in [-0.2, -0.15) is 0 Å². The summed E-state index contributed by atoms with van der Waals surface area (Å²) in [6, 6.07) is 0. The molecule has 1 atom stereocenters. The minimum atomic E-state index is 0. The summed E-state index contributed by atoms with van der Waals surface area (Å²) < 4.78 is 0. The van der Waals surface area contributed by atoms with Crippen LogP contribution < -0.4 is 10.6 Å². The van der Waals surface area contributed by atoms with Crippen molar-refractivity contribution in [1.82, 2.24) is 20.4 Å². The Morgan fingerprint density at radius 2 is 1.82 bits per heavy atom. The molecule has 5 nitrogen and oxygen atoms in total. The molecule has 1 saturated heterocycles. The highest BCUT2D eigenvalue weighted by atomic mass is 127. The average molecular weight is 421 g/mol. The smallest absolute Gasteiger partial charge is 0.192 e. The van der Waals surface area contributed by atoms with Crippen LogP contribution in [0.25, 0.3) is 0 Å². The van der Waals surface area contributed by atoms with Crippen LogP contribution in [0.3, 0.4) is 0 Å². The largest absolute Gasteiger partial charge is 0.357 e. The van der Waals surface area contributed by atoms with Crippen LogP contribution in [-0.4, -0.2) is 74.7 Å². The highest BCUT2D eigenvalue weighted by molar-refractivity contribution is 14.0. The van der Waals surface area contributed by atoms with Crippen molar-refractivity contribution in [3.05, 3.63) is 0 Å². The lowest BCUT2D eigenvalue weighted by Crippen LogP contribution is -2.47. The first kappa shape index (κ1) is 21.5. The Balaban J connectivity index is 0.00000441. The Morgan fingerprint density at radius 1 is 1.18 bits per heavy atom. The molecule has 0 amide bonds. The maximum atomic E-state index is 5.27. The van der Waals surface area contributed by atoms with E-state index in [2.05, 4.69) is 52.1 Å². The predicted molar refractivity (Wildman–Crippen MR) is 106 cm³/mol. The van der Waals surface area contributed by atoms with E-state index in [1.807, 2.05) is 0 Å². The van der Waals surface area contributed by atoms with Gasteiger partial charge in [-0.3, -0.25) is 4.99 Å². The van der Waals surface area contributed by atoms with Crippen LogP contribution >= 0.6 is 24.0 Å². The van der Waals surface area contributed by atoms with E-state index in [1.54, 1.807) is 0 Å². The van der Waals surface area contributed by atoms with Gasteiger partial charge in [0.25, 0.3) is 0 Å². The van der Waals surface area contributed by atoms with Gasteiger partial charge in [0.1, 0.15) is 0 Å². The lowest BCUT2D eigenvalue weighted by atomic mass is 10.1. The van der Waals surface area contributed by atoms with E-state index >= 15 is 0 Å². The maximum Gasteiger partial charge on any atom is 0.192 e. The predicted octanol–water partition coefficient (Wildman–Crippen LogP) is 1.07. The number of likely N-dealkylation sites (N-methyl/N-ethyl adjacent to an activating group) is 1. The molecule has 128 valence electrons. The number of piperazine rings is 1. The third-order valence-electron chi connectivity index (χ3n) is 3.75. The number of nitrogens with zero attached hydrogens (tertiary/aromatic N) is 3. The zero-order valence-corrected chi connectivity index (χ0v) is 16.6. The second-order valence-electron chi connectivity index (χ2n) is 5.62. The highest BCUT2D eigenvalue weighted by Gasteiger charge is 2.17. The van der Waals surface area contributed by atoms with E-state index in [4.69, 9.17) is 6.42 Å². The fourth-order valence-electron chi connectivity index (χ4n) is 2.51. The van der Waals surface area contributed by atoms with Crippen molar-refractivity contribution < 1.29 is 0 Å². The van der Waals surface area contributed by atoms with Crippen LogP contribution in [0.15, 0.2) is 4.99 Å². The first-order chi connectivity index (χ1) is 10.2. The van der Waals surface area contributed by atoms with Crippen molar-refractivity contribution in [2.24, 2.45) is 10.9 Å². The number of hydrogen-bond donors (Lipinski definition) is 2. The molecular weight excluding hydrogens is 389 g/mol. The monoisotopic (exact) mass is 421 g/mol. The van der Waals surface area contributed by atoms with Gasteiger partial charge in [-0.05, 0) is 19.4 Å². The Morgan fingerprint density at radius 3 is 2.36 bits per heavy atom. The summed E-state index contributed by atoms with van der Waals surface area (Å²) >= 11 is 0. The number of hydrogen-bond acceptors (Lipinski definition) is 3. The van der Waals surface area contributed by atoms with Crippen molar-refractivity contribution in [2.45, 2.75) is 20.8 Å². The third-order valence-corrected chi connectivity index (χ3v) is 3.75. The van der Waals surface area contributed by atoms with Gasteiger partial charge in [0.15, 0.2) is 5.96 Å². The second kappa shape index (κ2) is 13.0. The first-order valence-electron chi connectivity index (χ1n) is 8.09. The molecule has 1 unspecified atom stereocenters. The Kier molecular flexibility index (Phi) is 12.7. The quantitative estimate of drug-likeness (QED) is 0.279. The zero-order valence-electron chi connectivity index (χ0n) is 14.3. The van der Waals surface area contributed by atoms with Crippen molar-refractivity contribution >= 4 is 29.9 Å². The molecule has 6 heteroatoms. The van der Waals surface area contributed by atoms with Crippen LogP contribution in [-0.2, 0) is 0 Å². The molecule has 1 rings (SSSR count). The topological polar surface area (TPSA) is 42.9 Å². The minimum absolute atomic E-state index is 0. The van der Waals surface area contributed by atoms with E-state index in [0.29, 0.717) is 12.5 Å². The Bertz CT molecular complexity index is 345. The summed E-state index contributed by atoms with van der Waals surface area (Å²) in [6.07, 6.45) is 5.27. The molecule has 1 heterocycles. The van der Waals surface area contributed by atoms with E-state index in [0.717, 1.165) is 25.6 Å². The van der Waals surface area contributed by atoms with Crippen LogP contribution in [0.5, 0.6) is 0 Å². The van der Waals surface area contributed by atoms with Crippen LogP contribution in [0.1, 0.15) is 20.8 Å². The normalized spacial score (nSPS) is 18.2. The summed E-state index contributed by atoms with van der Waals surface area (Å²) in [5.41, 5.74) is 0. The fourth-order valence-corrected chi connectivity index (χ4v) is 2.51. The van der Waals surface area contributed by atoms with E-state index in [9.17, 15) is 0 Å². The standard InChI is InChI=1S/C16H31N5.HI/c1-5-8-18-16(17-6-2)19-13-15(4)14-21-11-9-20(7-3)10-12-21;/h1,15H,6-14H2,2-4H3,(H2,17,18,19);1H. The molecule has 0 aromatic carbocycles. The Labute approximate surface area is 153 Å². The van der Waals surface area contributed by atoms with Crippen LogP contribution in [0, 0.1) is 18.3 Å². The molecule has 0 aromatic rings. The highest BCUT2D eigenvalue weighted by Crippen LogP contribution is 2.05. The molecule has 0 aliphatic carbocycles. The number of terminal acetylenes is 1. The van der Waals surface area contributed by atoms with E-state index < -0.39 is 0 Å². The lowest BCUT2D eigenvalue weighted by Gasteiger charge is -2.35. The van der Waals surface area contributed by atoms with E-state index in [-0.39, 0.29) is 24.0 Å². The van der Waals surface area contributed by atoms with Crippen molar-refractivity contribution in [1.29, 1.82) is 0 Å².